The van der Waals surface area contributed by atoms with E-state index in [0.717, 1.165) is 5.56 Å². The number of hydrogen-bond donors (Lipinski definition) is 3. The van der Waals surface area contributed by atoms with Crippen LogP contribution in [0.2, 0.25) is 0 Å². The molecule has 2 saturated heterocycles. The summed E-state index contributed by atoms with van der Waals surface area (Å²) in [4.78, 5) is 14.4. The van der Waals surface area contributed by atoms with E-state index in [1.54, 1.807) is 18.9 Å². The van der Waals surface area contributed by atoms with Crippen LogP contribution in [0.1, 0.15) is 31.7 Å². The number of nitrogens with one attached hydrogen (secondary N) is 1. The molecule has 0 bridgehead atoms. The number of urea groups is 1. The van der Waals surface area contributed by atoms with Crippen LogP contribution in [0, 0.1) is 6.92 Å². The second kappa shape index (κ2) is 7.06. The van der Waals surface area contributed by atoms with Crippen LogP contribution in [-0.4, -0.2) is 65.3 Å². The highest BCUT2D eigenvalue weighted by Gasteiger charge is 2.49. The number of hydrogen-bond acceptors (Lipinski definition) is 5. The smallest absolute Gasteiger partial charge is 0.321 e. The number of anilines is 1. The normalized spacial score (nSPS) is 28.0. The van der Waals surface area contributed by atoms with Crippen LogP contribution in [0.5, 0.6) is 5.75 Å². The number of methoxy groups -OCH3 is 1. The molecule has 144 valence electrons. The van der Waals surface area contributed by atoms with Crippen molar-refractivity contribution >= 4 is 11.7 Å². The molecule has 1 aromatic rings. The maximum Gasteiger partial charge on any atom is 0.321 e. The minimum Gasteiger partial charge on any atom is -0.495 e. The number of ether oxygens (including phenoxy) is 2. The van der Waals surface area contributed by atoms with Crippen LogP contribution >= 0.6 is 0 Å². The van der Waals surface area contributed by atoms with Crippen molar-refractivity contribution in [3.8, 4) is 5.75 Å². The lowest BCUT2D eigenvalue weighted by molar-refractivity contribution is -0.221. The van der Waals surface area contributed by atoms with E-state index in [4.69, 9.17) is 9.47 Å². The summed E-state index contributed by atoms with van der Waals surface area (Å²) in [6.45, 7) is 4.80. The molecule has 0 saturated carbocycles. The number of benzene rings is 1. The number of carbonyl (C=O) groups excluding carboxylic acids is 1. The highest BCUT2D eigenvalue weighted by Crippen LogP contribution is 2.39. The average molecular weight is 364 g/mol. The lowest BCUT2D eigenvalue weighted by Crippen LogP contribution is -2.59. The summed E-state index contributed by atoms with van der Waals surface area (Å²) in [5.41, 5.74) is 0.0610. The third-order valence-electron chi connectivity index (χ3n) is 5.50. The monoisotopic (exact) mass is 364 g/mol. The van der Waals surface area contributed by atoms with E-state index >= 15 is 0 Å². The molecule has 2 aliphatic rings. The SMILES string of the molecule is COc1ccc(C)cc1NC(=O)N1CCC2(CC1)C[C@](C)(O)[C@@H](O)CO2. The van der Waals surface area contributed by atoms with E-state index in [1.807, 2.05) is 25.1 Å². The van der Waals surface area contributed by atoms with Crippen LogP contribution in [0.3, 0.4) is 0 Å². The van der Waals surface area contributed by atoms with Gasteiger partial charge in [0.05, 0.1) is 30.6 Å². The second-order valence-electron chi connectivity index (χ2n) is 7.66. The molecule has 2 fully saturated rings. The van der Waals surface area contributed by atoms with E-state index in [1.165, 1.54) is 0 Å². The minimum atomic E-state index is -1.16. The number of amides is 2. The maximum absolute atomic E-state index is 12.6. The number of aliphatic hydroxyl groups is 2. The molecular weight excluding hydrogens is 336 g/mol. The van der Waals surface area contributed by atoms with Crippen molar-refractivity contribution in [2.75, 3.05) is 32.1 Å². The molecule has 2 heterocycles. The molecule has 26 heavy (non-hydrogen) atoms. The van der Waals surface area contributed by atoms with Gasteiger partial charge in [0, 0.05) is 19.5 Å². The van der Waals surface area contributed by atoms with Crippen molar-refractivity contribution in [3.63, 3.8) is 0 Å². The highest BCUT2D eigenvalue weighted by molar-refractivity contribution is 5.91. The molecule has 1 spiro atoms. The predicted octanol–water partition coefficient (Wildman–Crippen LogP) is 1.90. The fourth-order valence-electron chi connectivity index (χ4n) is 3.81. The van der Waals surface area contributed by atoms with Crippen LogP contribution in [-0.2, 0) is 4.74 Å². The van der Waals surface area contributed by atoms with Crippen molar-refractivity contribution in [1.82, 2.24) is 4.90 Å². The molecule has 7 heteroatoms. The Labute approximate surface area is 153 Å². The summed E-state index contributed by atoms with van der Waals surface area (Å²) < 4.78 is 11.2. The Morgan fingerprint density at radius 2 is 2.08 bits per heavy atom. The molecule has 2 aliphatic heterocycles. The van der Waals surface area contributed by atoms with Gasteiger partial charge in [-0.15, -0.1) is 0 Å². The fourth-order valence-corrected chi connectivity index (χ4v) is 3.81. The van der Waals surface area contributed by atoms with E-state index in [-0.39, 0.29) is 12.6 Å². The van der Waals surface area contributed by atoms with Crippen LogP contribution in [0.25, 0.3) is 0 Å². The third-order valence-corrected chi connectivity index (χ3v) is 5.50. The Balaban J connectivity index is 1.62. The van der Waals surface area contributed by atoms with Crippen LogP contribution in [0.4, 0.5) is 10.5 Å². The van der Waals surface area contributed by atoms with Crippen molar-refractivity contribution in [3.05, 3.63) is 23.8 Å². The molecule has 0 radical (unpaired) electrons. The first-order valence-corrected chi connectivity index (χ1v) is 9.00. The zero-order valence-electron chi connectivity index (χ0n) is 15.6. The lowest BCUT2D eigenvalue weighted by Gasteiger charge is -2.49. The zero-order chi connectivity index (χ0) is 18.9. The topological polar surface area (TPSA) is 91.3 Å². The highest BCUT2D eigenvalue weighted by atomic mass is 16.5. The van der Waals surface area contributed by atoms with Gasteiger partial charge in [0.2, 0.25) is 0 Å². The molecule has 0 aromatic heterocycles. The Bertz CT molecular complexity index is 668. The number of piperidine rings is 1. The Morgan fingerprint density at radius 3 is 2.69 bits per heavy atom. The van der Waals surface area contributed by atoms with Crippen LogP contribution in [0.15, 0.2) is 18.2 Å². The molecule has 0 aliphatic carbocycles. The van der Waals surface area contributed by atoms with Gasteiger partial charge >= 0.3 is 6.03 Å². The van der Waals surface area contributed by atoms with Gasteiger partial charge in [0.1, 0.15) is 11.9 Å². The van der Waals surface area contributed by atoms with Gasteiger partial charge in [-0.25, -0.2) is 4.79 Å². The summed E-state index contributed by atoms with van der Waals surface area (Å²) in [6, 6.07) is 5.47. The summed E-state index contributed by atoms with van der Waals surface area (Å²) >= 11 is 0. The predicted molar refractivity (Wildman–Crippen MR) is 97.5 cm³/mol. The molecule has 2 atom stereocenters. The largest absolute Gasteiger partial charge is 0.495 e. The molecule has 1 aromatic carbocycles. The average Bonchev–Trinajstić information content (AvgIpc) is 2.59. The first-order chi connectivity index (χ1) is 12.2. The Morgan fingerprint density at radius 1 is 1.38 bits per heavy atom. The molecule has 3 rings (SSSR count). The van der Waals surface area contributed by atoms with E-state index in [2.05, 4.69) is 5.32 Å². The van der Waals surface area contributed by atoms with Crippen molar-refractivity contribution in [2.45, 2.75) is 50.4 Å². The number of carbonyl (C=O) groups is 1. The summed E-state index contributed by atoms with van der Waals surface area (Å²) in [7, 11) is 1.58. The van der Waals surface area contributed by atoms with Crippen molar-refractivity contribution < 1.29 is 24.5 Å². The standard InChI is InChI=1S/C19H28N2O5/c1-13-4-5-15(25-3)14(10-13)20-17(23)21-8-6-19(7-9-21)12-18(2,24)16(22)11-26-19/h4-5,10,16,22,24H,6-9,11-12H2,1-3H3,(H,20,23)/t16-,18-/m0/s1. The van der Waals surface area contributed by atoms with E-state index < -0.39 is 17.3 Å². The number of aryl methyl sites for hydroxylation is 1. The fraction of sp³-hybridized carbons (Fsp3) is 0.632. The lowest BCUT2D eigenvalue weighted by atomic mass is 9.77. The van der Waals surface area contributed by atoms with Gasteiger partial charge in [-0.3, -0.25) is 0 Å². The van der Waals surface area contributed by atoms with Gasteiger partial charge in [0.15, 0.2) is 0 Å². The number of aliphatic hydroxyl groups excluding tert-OH is 1. The van der Waals surface area contributed by atoms with E-state index in [0.29, 0.717) is 43.8 Å². The molecule has 2 amide bonds. The van der Waals surface area contributed by atoms with Gasteiger partial charge in [0.25, 0.3) is 0 Å². The number of nitrogens with zero attached hydrogens (tertiary/aromatic N) is 1. The van der Waals surface area contributed by atoms with Crippen molar-refractivity contribution in [2.24, 2.45) is 0 Å². The maximum atomic E-state index is 12.6. The number of rotatable bonds is 2. The molecule has 7 nitrogen and oxygen atoms in total. The first kappa shape index (κ1) is 18.9. The van der Waals surface area contributed by atoms with E-state index in [9.17, 15) is 15.0 Å². The Hall–Kier alpha value is -1.83. The summed E-state index contributed by atoms with van der Waals surface area (Å²) in [6.07, 6.45) is 0.772. The van der Waals surface area contributed by atoms with Gasteiger partial charge in [-0.1, -0.05) is 6.07 Å². The Kier molecular flexibility index (Phi) is 5.14. The van der Waals surface area contributed by atoms with Crippen molar-refractivity contribution in [1.29, 1.82) is 0 Å². The molecular formula is C19H28N2O5. The minimum absolute atomic E-state index is 0.125. The molecule has 0 unspecified atom stereocenters. The quantitative estimate of drug-likeness (QED) is 0.746. The second-order valence-corrected chi connectivity index (χ2v) is 7.66. The zero-order valence-corrected chi connectivity index (χ0v) is 15.6. The number of likely N-dealkylation sites (tertiary alicyclic amines) is 1. The summed E-state index contributed by atoms with van der Waals surface area (Å²) in [5.74, 6) is 0.623. The first-order valence-electron chi connectivity index (χ1n) is 9.00. The van der Waals surface area contributed by atoms with Gasteiger partial charge < -0.3 is 29.9 Å². The van der Waals surface area contributed by atoms with Gasteiger partial charge in [-0.2, -0.15) is 0 Å². The van der Waals surface area contributed by atoms with Crippen LogP contribution < -0.4 is 10.1 Å². The van der Waals surface area contributed by atoms with Gasteiger partial charge in [-0.05, 0) is 44.4 Å². The third kappa shape index (κ3) is 3.79. The summed E-state index contributed by atoms with van der Waals surface area (Å²) in [5, 5.41) is 23.2. The molecule has 3 N–H and O–H groups in total.